The van der Waals surface area contributed by atoms with Crippen molar-refractivity contribution in [2.45, 2.75) is 18.9 Å². The van der Waals surface area contributed by atoms with Crippen molar-refractivity contribution in [2.24, 2.45) is 11.8 Å². The summed E-state index contributed by atoms with van der Waals surface area (Å²) in [6, 6.07) is 2.60. The van der Waals surface area contributed by atoms with Crippen molar-refractivity contribution in [3.63, 3.8) is 0 Å². The first-order chi connectivity index (χ1) is 11.2. The first-order valence-corrected chi connectivity index (χ1v) is 9.34. The number of nitrogens with one attached hydrogen (secondary N) is 2. The van der Waals surface area contributed by atoms with Crippen molar-refractivity contribution in [1.82, 2.24) is 5.32 Å². The Kier molecular flexibility index (Phi) is 4.29. The van der Waals surface area contributed by atoms with Crippen molar-refractivity contribution in [3.05, 3.63) is 29.8 Å². The summed E-state index contributed by atoms with van der Waals surface area (Å²) < 4.78 is 48.7. The van der Waals surface area contributed by atoms with Crippen molar-refractivity contribution in [3.8, 4) is 0 Å². The Morgan fingerprint density at radius 1 is 1.08 bits per heavy atom. The molecule has 1 aromatic rings. The van der Waals surface area contributed by atoms with E-state index in [1.54, 1.807) is 0 Å². The van der Waals surface area contributed by atoms with Gasteiger partial charge in [0, 0.05) is 17.8 Å². The van der Waals surface area contributed by atoms with E-state index in [0.717, 1.165) is 12.1 Å². The second-order valence-electron chi connectivity index (χ2n) is 6.18. The van der Waals surface area contributed by atoms with Gasteiger partial charge in [-0.05, 0) is 25.0 Å². The lowest BCUT2D eigenvalue weighted by molar-refractivity contribution is -0.125. The second kappa shape index (κ2) is 6.12. The molecule has 3 atom stereocenters. The number of carbonyl (C=O) groups is 2. The molecule has 24 heavy (non-hydrogen) atoms. The number of benzene rings is 1. The Morgan fingerprint density at radius 3 is 2.42 bits per heavy atom. The van der Waals surface area contributed by atoms with Gasteiger partial charge < -0.3 is 10.6 Å². The van der Waals surface area contributed by atoms with Gasteiger partial charge in [-0.25, -0.2) is 17.2 Å². The van der Waals surface area contributed by atoms with E-state index in [9.17, 15) is 26.8 Å². The topological polar surface area (TPSA) is 92.3 Å². The summed E-state index contributed by atoms with van der Waals surface area (Å²) in [5, 5.41) is 5.10. The molecule has 1 aliphatic heterocycles. The molecule has 1 saturated heterocycles. The molecule has 2 fully saturated rings. The average Bonchev–Trinajstić information content (AvgIpc) is 3.23. The van der Waals surface area contributed by atoms with Crippen molar-refractivity contribution >= 4 is 27.3 Å². The fourth-order valence-electron chi connectivity index (χ4n) is 2.80. The van der Waals surface area contributed by atoms with Gasteiger partial charge in [-0.3, -0.25) is 9.59 Å². The van der Waals surface area contributed by atoms with E-state index < -0.39 is 45.3 Å². The molecule has 1 aliphatic carbocycles. The molecule has 9 heteroatoms. The minimum absolute atomic E-state index is 0.0582. The lowest BCUT2D eigenvalue weighted by Crippen LogP contribution is -2.37. The Balaban J connectivity index is 1.52. The number of anilines is 1. The van der Waals surface area contributed by atoms with Crippen LogP contribution in [-0.4, -0.2) is 37.8 Å². The van der Waals surface area contributed by atoms with Crippen LogP contribution in [0, 0.1) is 23.5 Å². The van der Waals surface area contributed by atoms with E-state index in [1.807, 2.05) is 0 Å². The lowest BCUT2D eigenvalue weighted by atomic mass is 10.2. The molecule has 2 amide bonds. The molecular weight excluding hydrogens is 342 g/mol. The Labute approximate surface area is 137 Å². The number of sulfone groups is 1. The number of halogens is 2. The first kappa shape index (κ1) is 16.8. The summed E-state index contributed by atoms with van der Waals surface area (Å²) in [4.78, 5) is 24.1. The number of carbonyl (C=O) groups excluding carboxylic acids is 2. The SMILES string of the molecule is O=C(Nc1ccc(F)c(F)c1)C1CC1C(=O)NC1CCS(=O)(=O)C1. The van der Waals surface area contributed by atoms with Crippen LogP contribution in [0.15, 0.2) is 18.2 Å². The number of amides is 2. The first-order valence-electron chi connectivity index (χ1n) is 7.52. The molecule has 3 unspecified atom stereocenters. The van der Waals surface area contributed by atoms with Crippen LogP contribution in [0.25, 0.3) is 0 Å². The molecule has 0 bridgehead atoms. The van der Waals surface area contributed by atoms with Crippen LogP contribution in [0.3, 0.4) is 0 Å². The molecule has 3 rings (SSSR count). The summed E-state index contributed by atoms with van der Waals surface area (Å²) in [5.41, 5.74) is 0.117. The van der Waals surface area contributed by atoms with E-state index in [2.05, 4.69) is 10.6 Å². The van der Waals surface area contributed by atoms with Gasteiger partial charge in [-0.15, -0.1) is 0 Å². The molecule has 0 spiro atoms. The molecule has 0 radical (unpaired) electrons. The largest absolute Gasteiger partial charge is 0.352 e. The highest BCUT2D eigenvalue weighted by Crippen LogP contribution is 2.39. The number of hydrogen-bond acceptors (Lipinski definition) is 4. The highest BCUT2D eigenvalue weighted by Gasteiger charge is 2.48. The van der Waals surface area contributed by atoms with Crippen LogP contribution in [0.4, 0.5) is 14.5 Å². The third kappa shape index (κ3) is 3.72. The van der Waals surface area contributed by atoms with Gasteiger partial charge in [0.25, 0.3) is 0 Å². The number of rotatable bonds is 4. The van der Waals surface area contributed by atoms with Gasteiger partial charge in [0.15, 0.2) is 21.5 Å². The predicted molar refractivity (Wildman–Crippen MR) is 81.8 cm³/mol. The molecule has 2 aliphatic rings. The second-order valence-corrected chi connectivity index (χ2v) is 8.40. The summed E-state index contributed by atoms with van der Waals surface area (Å²) in [5.74, 6) is -3.94. The molecule has 0 aromatic heterocycles. The predicted octanol–water partition coefficient (Wildman–Crippen LogP) is 0.843. The third-order valence-electron chi connectivity index (χ3n) is 4.23. The van der Waals surface area contributed by atoms with Gasteiger partial charge >= 0.3 is 0 Å². The van der Waals surface area contributed by atoms with Crippen LogP contribution < -0.4 is 10.6 Å². The van der Waals surface area contributed by atoms with Crippen LogP contribution in [-0.2, 0) is 19.4 Å². The Bertz CT molecular complexity index is 797. The summed E-state index contributed by atoms with van der Waals surface area (Å²) in [6.07, 6.45) is 0.729. The normalized spacial score (nSPS) is 27.5. The van der Waals surface area contributed by atoms with Crippen LogP contribution in [0.2, 0.25) is 0 Å². The molecule has 2 N–H and O–H groups in total. The molecule has 1 heterocycles. The Hall–Kier alpha value is -2.03. The highest BCUT2D eigenvalue weighted by molar-refractivity contribution is 7.91. The maximum atomic E-state index is 13.1. The van der Waals surface area contributed by atoms with Crippen LogP contribution in [0.5, 0.6) is 0 Å². The minimum Gasteiger partial charge on any atom is -0.352 e. The van der Waals surface area contributed by atoms with E-state index in [1.165, 1.54) is 6.07 Å². The summed E-state index contributed by atoms with van der Waals surface area (Å²) in [6.45, 7) is 0. The fourth-order valence-corrected chi connectivity index (χ4v) is 4.47. The van der Waals surface area contributed by atoms with Gasteiger partial charge in [0.1, 0.15) is 0 Å². The molecule has 130 valence electrons. The van der Waals surface area contributed by atoms with Crippen LogP contribution >= 0.6 is 0 Å². The van der Waals surface area contributed by atoms with E-state index in [4.69, 9.17) is 0 Å². The van der Waals surface area contributed by atoms with Crippen molar-refractivity contribution in [1.29, 1.82) is 0 Å². The highest BCUT2D eigenvalue weighted by atomic mass is 32.2. The maximum Gasteiger partial charge on any atom is 0.228 e. The quantitative estimate of drug-likeness (QED) is 0.834. The van der Waals surface area contributed by atoms with Crippen molar-refractivity contribution < 1.29 is 26.8 Å². The monoisotopic (exact) mass is 358 g/mol. The third-order valence-corrected chi connectivity index (χ3v) is 6.00. The summed E-state index contributed by atoms with van der Waals surface area (Å²) in [7, 11) is -3.08. The standard InChI is InChI=1S/C15H16F2N2O4S/c16-12-2-1-8(5-13(12)17)18-14(20)10-6-11(10)15(21)19-9-3-4-24(22,23)7-9/h1-2,5,9-11H,3-4,6-7H2,(H,18,20)(H,19,21). The van der Waals surface area contributed by atoms with Crippen LogP contribution in [0.1, 0.15) is 12.8 Å². The lowest BCUT2D eigenvalue weighted by Gasteiger charge is -2.10. The fraction of sp³-hybridized carbons (Fsp3) is 0.467. The minimum atomic E-state index is -3.08. The molecule has 6 nitrogen and oxygen atoms in total. The van der Waals surface area contributed by atoms with Gasteiger partial charge in [0.05, 0.1) is 23.3 Å². The molecule has 1 aromatic carbocycles. The average molecular weight is 358 g/mol. The van der Waals surface area contributed by atoms with Gasteiger partial charge in [-0.1, -0.05) is 0 Å². The number of hydrogen-bond donors (Lipinski definition) is 2. The zero-order valence-electron chi connectivity index (χ0n) is 12.6. The van der Waals surface area contributed by atoms with E-state index in [-0.39, 0.29) is 23.1 Å². The Morgan fingerprint density at radius 2 is 1.79 bits per heavy atom. The zero-order chi connectivity index (χ0) is 17.5. The zero-order valence-corrected chi connectivity index (χ0v) is 13.4. The van der Waals surface area contributed by atoms with E-state index in [0.29, 0.717) is 12.8 Å². The smallest absolute Gasteiger partial charge is 0.228 e. The molecular formula is C15H16F2N2O4S. The van der Waals surface area contributed by atoms with E-state index >= 15 is 0 Å². The molecule has 1 saturated carbocycles. The maximum absolute atomic E-state index is 13.1. The van der Waals surface area contributed by atoms with Crippen molar-refractivity contribution in [2.75, 3.05) is 16.8 Å². The van der Waals surface area contributed by atoms with Gasteiger partial charge in [-0.2, -0.15) is 0 Å². The van der Waals surface area contributed by atoms with Gasteiger partial charge in [0.2, 0.25) is 11.8 Å². The summed E-state index contributed by atoms with van der Waals surface area (Å²) >= 11 is 0.